The smallest absolute Gasteiger partial charge is 0.422 e. The fourth-order valence-electron chi connectivity index (χ4n) is 3.16. The molecular formula is C22H19F3N6O4. The molecule has 1 fully saturated rings. The summed E-state index contributed by atoms with van der Waals surface area (Å²) in [6, 6.07) is 10.1. The molecule has 1 saturated heterocycles. The molecule has 0 spiro atoms. The van der Waals surface area contributed by atoms with Gasteiger partial charge in [-0.05, 0) is 36.8 Å². The molecule has 3 heterocycles. The molecule has 2 amide bonds. The molecule has 1 atom stereocenters. The van der Waals surface area contributed by atoms with Crippen molar-refractivity contribution in [2.75, 3.05) is 18.5 Å². The molecule has 35 heavy (non-hydrogen) atoms. The number of aromatic nitrogens is 3. The lowest BCUT2D eigenvalue weighted by atomic mass is 10.2. The predicted molar refractivity (Wildman–Crippen MR) is 117 cm³/mol. The minimum absolute atomic E-state index is 0.0201. The lowest BCUT2D eigenvalue weighted by Crippen LogP contribution is -2.30. The number of nitrogens with one attached hydrogen (secondary N) is 2. The van der Waals surface area contributed by atoms with E-state index < -0.39 is 24.7 Å². The van der Waals surface area contributed by atoms with Crippen LogP contribution in [-0.4, -0.2) is 52.1 Å². The van der Waals surface area contributed by atoms with E-state index in [4.69, 9.17) is 10.5 Å². The predicted octanol–water partition coefficient (Wildman–Crippen LogP) is 2.67. The second-order valence-electron chi connectivity index (χ2n) is 7.47. The average molecular weight is 488 g/mol. The number of rotatable bonds is 8. The summed E-state index contributed by atoms with van der Waals surface area (Å²) in [7, 11) is 0. The van der Waals surface area contributed by atoms with Gasteiger partial charge in [0.05, 0.1) is 6.20 Å². The van der Waals surface area contributed by atoms with Crippen molar-refractivity contribution in [1.82, 2.24) is 20.3 Å². The SMILES string of the molecule is NC(=O)c1cc(N[C@H]2CCNC2=O)nc(-c2ccc(Oc3ccc(OCC(F)(F)F)cn3)cc2)n1. The molecule has 4 N–H and O–H groups in total. The number of hydrogen-bond acceptors (Lipinski definition) is 8. The van der Waals surface area contributed by atoms with E-state index in [2.05, 4.69) is 30.3 Å². The van der Waals surface area contributed by atoms with Gasteiger partial charge in [-0.2, -0.15) is 13.2 Å². The Morgan fingerprint density at radius 1 is 1.14 bits per heavy atom. The minimum atomic E-state index is -4.44. The average Bonchev–Trinajstić information content (AvgIpc) is 3.22. The Hall–Kier alpha value is -4.42. The largest absolute Gasteiger partial charge is 0.483 e. The van der Waals surface area contributed by atoms with Crippen LogP contribution in [0.1, 0.15) is 16.9 Å². The molecule has 0 unspecified atom stereocenters. The number of alkyl halides is 3. The normalized spacial score (nSPS) is 15.4. The quantitative estimate of drug-likeness (QED) is 0.440. The zero-order valence-electron chi connectivity index (χ0n) is 18.0. The van der Waals surface area contributed by atoms with Crippen LogP contribution >= 0.6 is 0 Å². The van der Waals surface area contributed by atoms with Crippen LogP contribution in [0.15, 0.2) is 48.7 Å². The number of amides is 2. The summed E-state index contributed by atoms with van der Waals surface area (Å²) in [5, 5.41) is 5.69. The van der Waals surface area contributed by atoms with Crippen molar-refractivity contribution in [2.24, 2.45) is 5.73 Å². The van der Waals surface area contributed by atoms with Gasteiger partial charge in [0.1, 0.15) is 29.1 Å². The summed E-state index contributed by atoms with van der Waals surface area (Å²) in [5.74, 6) is 0.0574. The lowest BCUT2D eigenvalue weighted by molar-refractivity contribution is -0.153. The third-order valence-electron chi connectivity index (χ3n) is 4.80. The Labute approximate surface area is 196 Å². The molecule has 2 aromatic heterocycles. The fraction of sp³-hybridized carbons (Fsp3) is 0.227. The van der Waals surface area contributed by atoms with Gasteiger partial charge in [0, 0.05) is 24.2 Å². The summed E-state index contributed by atoms with van der Waals surface area (Å²) in [6.45, 7) is -0.878. The van der Waals surface area contributed by atoms with Crippen molar-refractivity contribution in [2.45, 2.75) is 18.6 Å². The second-order valence-corrected chi connectivity index (χ2v) is 7.47. The number of hydrogen-bond donors (Lipinski definition) is 3. The van der Waals surface area contributed by atoms with Gasteiger partial charge in [0.2, 0.25) is 11.8 Å². The van der Waals surface area contributed by atoms with Crippen LogP contribution in [0.2, 0.25) is 0 Å². The van der Waals surface area contributed by atoms with Gasteiger partial charge in [0.25, 0.3) is 5.91 Å². The zero-order valence-corrected chi connectivity index (χ0v) is 18.0. The van der Waals surface area contributed by atoms with E-state index in [9.17, 15) is 22.8 Å². The first-order valence-corrected chi connectivity index (χ1v) is 10.3. The zero-order chi connectivity index (χ0) is 25.0. The van der Waals surface area contributed by atoms with Gasteiger partial charge in [-0.15, -0.1) is 0 Å². The first kappa shape index (κ1) is 23.7. The molecule has 10 nitrogen and oxygen atoms in total. The molecule has 1 aliphatic rings. The number of primary amides is 1. The molecule has 4 rings (SSSR count). The third kappa shape index (κ3) is 6.34. The highest BCUT2D eigenvalue weighted by Gasteiger charge is 2.28. The highest BCUT2D eigenvalue weighted by atomic mass is 19.4. The number of pyridine rings is 1. The van der Waals surface area contributed by atoms with E-state index >= 15 is 0 Å². The van der Waals surface area contributed by atoms with E-state index in [0.717, 1.165) is 6.20 Å². The molecule has 1 aliphatic heterocycles. The Kier molecular flexibility index (Phi) is 6.66. The van der Waals surface area contributed by atoms with Crippen molar-refractivity contribution in [3.63, 3.8) is 0 Å². The van der Waals surface area contributed by atoms with Crippen molar-refractivity contribution in [1.29, 1.82) is 0 Å². The summed E-state index contributed by atoms with van der Waals surface area (Å²) in [5.41, 5.74) is 5.92. The molecule has 0 aliphatic carbocycles. The second kappa shape index (κ2) is 9.83. The Bertz CT molecular complexity index is 1220. The third-order valence-corrected chi connectivity index (χ3v) is 4.80. The fourth-order valence-corrected chi connectivity index (χ4v) is 3.16. The molecule has 3 aromatic rings. The van der Waals surface area contributed by atoms with E-state index in [1.165, 1.54) is 18.2 Å². The topological polar surface area (TPSA) is 141 Å². The van der Waals surface area contributed by atoms with Crippen LogP contribution in [0.5, 0.6) is 17.4 Å². The standard InChI is InChI=1S/C22H19F3N6O4/c23-22(24,25)11-34-14-5-6-18(28-10-14)35-13-3-1-12(2-4-13)20-30-16(19(26)32)9-17(31-20)29-15-7-8-27-21(15)33/h1-6,9-10,15H,7-8,11H2,(H2,26,32)(H,27,33)(H,29,30,31)/t15-/m0/s1. The van der Waals surface area contributed by atoms with Crippen molar-refractivity contribution in [3.8, 4) is 28.8 Å². The van der Waals surface area contributed by atoms with E-state index in [-0.39, 0.29) is 34.9 Å². The highest BCUT2D eigenvalue weighted by Crippen LogP contribution is 2.26. The molecule has 0 saturated carbocycles. The monoisotopic (exact) mass is 488 g/mol. The van der Waals surface area contributed by atoms with E-state index in [0.29, 0.717) is 24.3 Å². The van der Waals surface area contributed by atoms with Crippen molar-refractivity contribution in [3.05, 3.63) is 54.4 Å². The van der Waals surface area contributed by atoms with Crippen LogP contribution in [0.3, 0.4) is 0 Å². The first-order valence-electron chi connectivity index (χ1n) is 10.3. The van der Waals surface area contributed by atoms with Gasteiger partial charge in [-0.3, -0.25) is 9.59 Å². The summed E-state index contributed by atoms with van der Waals surface area (Å²) >= 11 is 0. The molecule has 1 aromatic carbocycles. The number of carbonyl (C=O) groups excluding carboxylic acids is 2. The summed E-state index contributed by atoms with van der Waals surface area (Å²) in [4.78, 5) is 36.1. The maximum absolute atomic E-state index is 12.2. The number of anilines is 1. The summed E-state index contributed by atoms with van der Waals surface area (Å²) in [6.07, 6.45) is -2.75. The molecule has 0 radical (unpaired) electrons. The van der Waals surface area contributed by atoms with Gasteiger partial charge >= 0.3 is 6.18 Å². The molecule has 13 heteroatoms. The van der Waals surface area contributed by atoms with Gasteiger partial charge in [-0.1, -0.05) is 0 Å². The number of nitrogens with zero attached hydrogens (tertiary/aromatic N) is 3. The van der Waals surface area contributed by atoms with E-state index in [1.54, 1.807) is 24.3 Å². The van der Waals surface area contributed by atoms with Gasteiger partial charge in [0.15, 0.2) is 12.4 Å². The Balaban J connectivity index is 1.47. The number of benzene rings is 1. The number of halogens is 3. The van der Waals surface area contributed by atoms with Crippen LogP contribution in [0.25, 0.3) is 11.4 Å². The number of ether oxygens (including phenoxy) is 2. The Morgan fingerprint density at radius 3 is 2.49 bits per heavy atom. The van der Waals surface area contributed by atoms with Gasteiger partial charge < -0.3 is 25.8 Å². The van der Waals surface area contributed by atoms with Crippen molar-refractivity contribution < 1.29 is 32.2 Å². The molecule has 182 valence electrons. The molecular weight excluding hydrogens is 469 g/mol. The lowest BCUT2D eigenvalue weighted by Gasteiger charge is -2.13. The van der Waals surface area contributed by atoms with Crippen molar-refractivity contribution >= 4 is 17.6 Å². The minimum Gasteiger partial charge on any atom is -0.483 e. The number of carbonyl (C=O) groups is 2. The van der Waals surface area contributed by atoms with E-state index in [1.807, 2.05) is 0 Å². The summed E-state index contributed by atoms with van der Waals surface area (Å²) < 4.78 is 46.9. The molecule has 0 bridgehead atoms. The number of nitrogens with two attached hydrogens (primary N) is 1. The first-order chi connectivity index (χ1) is 16.7. The van der Waals surface area contributed by atoms with Crippen LogP contribution in [-0.2, 0) is 4.79 Å². The van der Waals surface area contributed by atoms with Crippen LogP contribution in [0.4, 0.5) is 19.0 Å². The van der Waals surface area contributed by atoms with Crippen LogP contribution < -0.4 is 25.8 Å². The maximum atomic E-state index is 12.2. The Morgan fingerprint density at radius 2 is 1.89 bits per heavy atom. The van der Waals surface area contributed by atoms with Crippen LogP contribution in [0, 0.1) is 0 Å². The highest BCUT2D eigenvalue weighted by molar-refractivity contribution is 5.92. The maximum Gasteiger partial charge on any atom is 0.422 e. The van der Waals surface area contributed by atoms with Gasteiger partial charge in [-0.25, -0.2) is 15.0 Å².